The van der Waals surface area contributed by atoms with Gasteiger partial charge in [-0.1, -0.05) is 12.1 Å². The van der Waals surface area contributed by atoms with E-state index in [-0.39, 0.29) is 12.5 Å². The average molecular weight is 247 g/mol. The normalized spacial score (nSPS) is 9.83. The lowest BCUT2D eigenvalue weighted by Gasteiger charge is -2.09. The van der Waals surface area contributed by atoms with E-state index in [2.05, 4.69) is 15.3 Å². The highest BCUT2D eigenvalue weighted by molar-refractivity contribution is 5.90. The van der Waals surface area contributed by atoms with Crippen molar-refractivity contribution >= 4 is 11.9 Å². The number of hydrogen-bond donors (Lipinski definition) is 2. The van der Waals surface area contributed by atoms with E-state index in [4.69, 9.17) is 9.47 Å². The van der Waals surface area contributed by atoms with Gasteiger partial charge in [-0.05, 0) is 12.1 Å². The van der Waals surface area contributed by atoms with Crippen LogP contribution in [0, 0.1) is 0 Å². The van der Waals surface area contributed by atoms with Crippen LogP contribution in [0.5, 0.6) is 11.5 Å². The molecular formula is C12H13N3O3. The van der Waals surface area contributed by atoms with E-state index in [9.17, 15) is 4.79 Å². The van der Waals surface area contributed by atoms with E-state index in [1.165, 1.54) is 0 Å². The fraction of sp³-hybridized carbons (Fsp3) is 0.167. The van der Waals surface area contributed by atoms with Crippen molar-refractivity contribution in [1.82, 2.24) is 9.97 Å². The predicted octanol–water partition coefficient (Wildman–Crippen LogP) is 1.44. The third-order valence-corrected chi connectivity index (χ3v) is 2.18. The van der Waals surface area contributed by atoms with Crippen molar-refractivity contribution < 1.29 is 14.3 Å². The number of benzene rings is 1. The Labute approximate surface area is 104 Å². The van der Waals surface area contributed by atoms with E-state index in [1.807, 2.05) is 12.1 Å². The van der Waals surface area contributed by atoms with Crippen molar-refractivity contribution in [3.63, 3.8) is 0 Å². The van der Waals surface area contributed by atoms with Crippen LogP contribution in [0.4, 0.5) is 5.95 Å². The van der Waals surface area contributed by atoms with Crippen molar-refractivity contribution in [2.45, 2.75) is 0 Å². The van der Waals surface area contributed by atoms with Gasteiger partial charge in [-0.15, -0.1) is 0 Å². The van der Waals surface area contributed by atoms with Crippen LogP contribution < -0.4 is 14.8 Å². The van der Waals surface area contributed by atoms with Crippen LogP contribution in [0.25, 0.3) is 0 Å². The molecule has 0 aliphatic carbocycles. The number of aromatic nitrogens is 2. The number of imidazole rings is 1. The topological polar surface area (TPSA) is 76.2 Å². The molecule has 1 aromatic heterocycles. The van der Waals surface area contributed by atoms with E-state index >= 15 is 0 Å². The Bertz CT molecular complexity index is 511. The third-order valence-electron chi connectivity index (χ3n) is 2.18. The molecule has 0 aliphatic heterocycles. The smallest absolute Gasteiger partial charge is 0.264 e. The first kappa shape index (κ1) is 12.0. The highest BCUT2D eigenvalue weighted by Gasteiger charge is 2.07. The zero-order valence-electron chi connectivity index (χ0n) is 9.84. The molecule has 0 fully saturated rings. The number of methoxy groups -OCH3 is 1. The minimum Gasteiger partial charge on any atom is -0.493 e. The van der Waals surface area contributed by atoms with Gasteiger partial charge in [0.1, 0.15) is 0 Å². The van der Waals surface area contributed by atoms with Crippen LogP contribution in [-0.2, 0) is 4.79 Å². The molecule has 2 rings (SSSR count). The number of ether oxygens (including phenoxy) is 2. The summed E-state index contributed by atoms with van der Waals surface area (Å²) in [4.78, 5) is 18.2. The SMILES string of the molecule is COc1ccccc1OCC(=O)Nc1ncc[nH]1. The molecule has 0 spiro atoms. The Balaban J connectivity index is 1.89. The van der Waals surface area contributed by atoms with Crippen LogP contribution in [0.2, 0.25) is 0 Å². The van der Waals surface area contributed by atoms with Gasteiger partial charge in [0.15, 0.2) is 18.1 Å². The Kier molecular flexibility index (Phi) is 3.80. The van der Waals surface area contributed by atoms with E-state index in [0.717, 1.165) is 0 Å². The number of amides is 1. The first-order valence-corrected chi connectivity index (χ1v) is 5.34. The molecule has 2 N–H and O–H groups in total. The number of rotatable bonds is 5. The summed E-state index contributed by atoms with van der Waals surface area (Å²) in [5.41, 5.74) is 0. The fourth-order valence-electron chi connectivity index (χ4n) is 1.38. The molecule has 1 heterocycles. The fourth-order valence-corrected chi connectivity index (χ4v) is 1.38. The van der Waals surface area contributed by atoms with Gasteiger partial charge in [0.25, 0.3) is 5.91 Å². The summed E-state index contributed by atoms with van der Waals surface area (Å²) >= 11 is 0. The van der Waals surface area contributed by atoms with Gasteiger partial charge in [0, 0.05) is 12.4 Å². The van der Waals surface area contributed by atoms with Crippen molar-refractivity contribution in [2.24, 2.45) is 0 Å². The van der Waals surface area contributed by atoms with Crippen molar-refractivity contribution in [3.05, 3.63) is 36.7 Å². The molecule has 18 heavy (non-hydrogen) atoms. The van der Waals surface area contributed by atoms with E-state index < -0.39 is 0 Å². The second kappa shape index (κ2) is 5.72. The molecule has 6 heteroatoms. The van der Waals surface area contributed by atoms with Gasteiger partial charge in [0.05, 0.1) is 7.11 Å². The van der Waals surface area contributed by atoms with Crippen LogP contribution in [-0.4, -0.2) is 29.6 Å². The van der Waals surface area contributed by atoms with Gasteiger partial charge < -0.3 is 14.5 Å². The molecule has 0 radical (unpaired) electrons. The molecule has 2 aromatic rings. The maximum Gasteiger partial charge on any atom is 0.264 e. The molecular weight excluding hydrogens is 234 g/mol. The average Bonchev–Trinajstić information content (AvgIpc) is 2.89. The summed E-state index contributed by atoms with van der Waals surface area (Å²) in [7, 11) is 1.55. The standard InChI is InChI=1S/C12H13N3O3/c1-17-9-4-2-3-5-10(9)18-8-11(16)15-12-13-6-7-14-12/h2-7H,8H2,1H3,(H2,13,14,15,16). The first-order valence-electron chi connectivity index (χ1n) is 5.34. The molecule has 0 aliphatic rings. The quantitative estimate of drug-likeness (QED) is 0.838. The minimum absolute atomic E-state index is 0.110. The Morgan fingerprint density at radius 2 is 2.17 bits per heavy atom. The Morgan fingerprint density at radius 1 is 1.39 bits per heavy atom. The highest BCUT2D eigenvalue weighted by atomic mass is 16.5. The molecule has 1 amide bonds. The number of H-pyrrole nitrogens is 1. The monoisotopic (exact) mass is 247 g/mol. The number of nitrogens with one attached hydrogen (secondary N) is 2. The zero-order valence-corrected chi connectivity index (χ0v) is 9.84. The van der Waals surface area contributed by atoms with Gasteiger partial charge in [-0.3, -0.25) is 10.1 Å². The Hall–Kier alpha value is -2.50. The number of aromatic amines is 1. The van der Waals surface area contributed by atoms with Crippen molar-refractivity contribution in [2.75, 3.05) is 19.0 Å². The number of anilines is 1. The second-order valence-electron chi connectivity index (χ2n) is 3.43. The number of hydrogen-bond acceptors (Lipinski definition) is 4. The largest absolute Gasteiger partial charge is 0.493 e. The summed E-state index contributed by atoms with van der Waals surface area (Å²) in [6.07, 6.45) is 3.17. The number of carbonyl (C=O) groups excluding carboxylic acids is 1. The lowest BCUT2D eigenvalue weighted by molar-refractivity contribution is -0.118. The number of nitrogens with zero attached hydrogens (tertiary/aromatic N) is 1. The van der Waals surface area contributed by atoms with E-state index in [1.54, 1.807) is 31.6 Å². The highest BCUT2D eigenvalue weighted by Crippen LogP contribution is 2.25. The zero-order chi connectivity index (χ0) is 12.8. The number of para-hydroxylation sites is 2. The van der Waals surface area contributed by atoms with Crippen LogP contribution in [0.1, 0.15) is 0 Å². The summed E-state index contributed by atoms with van der Waals surface area (Å²) in [5, 5.41) is 2.56. The third kappa shape index (κ3) is 3.00. The molecule has 0 saturated heterocycles. The molecule has 94 valence electrons. The molecule has 0 atom stereocenters. The van der Waals surface area contributed by atoms with Gasteiger partial charge in [0.2, 0.25) is 5.95 Å². The maximum absolute atomic E-state index is 11.5. The summed E-state index contributed by atoms with van der Waals surface area (Å²) in [5.74, 6) is 1.21. The van der Waals surface area contributed by atoms with Gasteiger partial charge in [-0.2, -0.15) is 0 Å². The lowest BCUT2D eigenvalue weighted by atomic mass is 10.3. The van der Waals surface area contributed by atoms with Gasteiger partial charge in [-0.25, -0.2) is 4.98 Å². The summed E-state index contributed by atoms with van der Waals surface area (Å²) < 4.78 is 10.5. The van der Waals surface area contributed by atoms with Crippen LogP contribution in [0.3, 0.4) is 0 Å². The second-order valence-corrected chi connectivity index (χ2v) is 3.43. The van der Waals surface area contributed by atoms with Crippen LogP contribution in [0.15, 0.2) is 36.7 Å². The first-order chi connectivity index (χ1) is 8.79. The maximum atomic E-state index is 11.5. The molecule has 0 unspecified atom stereocenters. The number of carbonyl (C=O) groups is 1. The minimum atomic E-state index is -0.296. The van der Waals surface area contributed by atoms with Crippen LogP contribution >= 0.6 is 0 Å². The summed E-state index contributed by atoms with van der Waals surface area (Å²) in [6, 6.07) is 7.13. The summed E-state index contributed by atoms with van der Waals surface area (Å²) in [6.45, 7) is -0.110. The van der Waals surface area contributed by atoms with Crippen molar-refractivity contribution in [1.29, 1.82) is 0 Å². The molecule has 0 bridgehead atoms. The predicted molar refractivity (Wildman–Crippen MR) is 65.7 cm³/mol. The Morgan fingerprint density at radius 3 is 2.83 bits per heavy atom. The lowest BCUT2D eigenvalue weighted by Crippen LogP contribution is -2.20. The van der Waals surface area contributed by atoms with Gasteiger partial charge >= 0.3 is 0 Å². The molecule has 6 nitrogen and oxygen atoms in total. The molecule has 0 saturated carbocycles. The molecule has 1 aromatic carbocycles. The van der Waals surface area contributed by atoms with E-state index in [0.29, 0.717) is 17.4 Å². The van der Waals surface area contributed by atoms with Crippen molar-refractivity contribution in [3.8, 4) is 11.5 Å².